The standard InChI is InChI=1S/C12H16INO3/c13-11-4-2-10(3-5-11)6-8-14(12(16)17)7-1-9-15/h2-5,15H,1,6-9H2,(H,16,17). The van der Waals surface area contributed by atoms with Crippen LogP contribution in [0.1, 0.15) is 12.0 Å². The minimum Gasteiger partial charge on any atom is -0.465 e. The lowest BCUT2D eigenvalue weighted by Crippen LogP contribution is -2.32. The van der Waals surface area contributed by atoms with Crippen molar-refractivity contribution in [3.05, 3.63) is 33.4 Å². The van der Waals surface area contributed by atoms with Gasteiger partial charge in [-0.1, -0.05) is 12.1 Å². The number of aliphatic hydroxyl groups is 1. The Bertz CT molecular complexity index is 353. The highest BCUT2D eigenvalue weighted by atomic mass is 127. The van der Waals surface area contributed by atoms with Crippen LogP contribution in [0.2, 0.25) is 0 Å². The van der Waals surface area contributed by atoms with E-state index in [-0.39, 0.29) is 6.61 Å². The third-order valence-corrected chi connectivity index (χ3v) is 3.16. The fraction of sp³-hybridized carbons (Fsp3) is 0.417. The largest absolute Gasteiger partial charge is 0.465 e. The molecule has 0 atom stereocenters. The molecule has 2 N–H and O–H groups in total. The first-order valence-corrected chi connectivity index (χ1v) is 6.54. The molecule has 0 heterocycles. The van der Waals surface area contributed by atoms with Crippen molar-refractivity contribution in [2.45, 2.75) is 12.8 Å². The van der Waals surface area contributed by atoms with Gasteiger partial charge in [-0.05, 0) is 53.1 Å². The van der Waals surface area contributed by atoms with Crippen molar-refractivity contribution in [1.82, 2.24) is 4.90 Å². The number of nitrogens with zero attached hydrogens (tertiary/aromatic N) is 1. The monoisotopic (exact) mass is 349 g/mol. The van der Waals surface area contributed by atoms with Gasteiger partial charge in [-0.15, -0.1) is 0 Å². The fourth-order valence-electron chi connectivity index (χ4n) is 1.48. The maximum atomic E-state index is 10.9. The van der Waals surface area contributed by atoms with E-state index in [0.29, 0.717) is 25.9 Å². The summed E-state index contributed by atoms with van der Waals surface area (Å²) in [4.78, 5) is 12.3. The third-order valence-electron chi connectivity index (χ3n) is 2.44. The number of carboxylic acid groups (broad SMARTS) is 1. The van der Waals surface area contributed by atoms with Crippen molar-refractivity contribution >= 4 is 28.7 Å². The zero-order chi connectivity index (χ0) is 12.7. The minimum absolute atomic E-state index is 0.0211. The molecule has 4 nitrogen and oxygen atoms in total. The number of hydrogen-bond acceptors (Lipinski definition) is 2. The molecule has 0 aromatic heterocycles. The van der Waals surface area contributed by atoms with Gasteiger partial charge < -0.3 is 15.1 Å². The number of aliphatic hydroxyl groups excluding tert-OH is 1. The second kappa shape index (κ2) is 7.50. The first-order valence-electron chi connectivity index (χ1n) is 5.46. The second-order valence-corrected chi connectivity index (χ2v) is 4.97. The average molecular weight is 349 g/mol. The smallest absolute Gasteiger partial charge is 0.407 e. The van der Waals surface area contributed by atoms with Gasteiger partial charge in [0, 0.05) is 23.3 Å². The van der Waals surface area contributed by atoms with E-state index in [1.54, 1.807) is 0 Å². The molecule has 0 unspecified atom stereocenters. The van der Waals surface area contributed by atoms with Crippen molar-refractivity contribution in [3.8, 4) is 0 Å². The molecule has 1 rings (SSSR count). The van der Waals surface area contributed by atoms with Crippen LogP contribution in [0.3, 0.4) is 0 Å². The molecule has 0 radical (unpaired) electrons. The SMILES string of the molecule is O=C(O)N(CCCO)CCc1ccc(I)cc1. The molecule has 0 spiro atoms. The van der Waals surface area contributed by atoms with Crippen LogP contribution in [-0.2, 0) is 6.42 Å². The molecule has 94 valence electrons. The van der Waals surface area contributed by atoms with Gasteiger partial charge in [0.05, 0.1) is 0 Å². The Morgan fingerprint density at radius 3 is 2.41 bits per heavy atom. The molecule has 0 saturated carbocycles. The van der Waals surface area contributed by atoms with Crippen LogP contribution in [0, 0.1) is 3.57 Å². The van der Waals surface area contributed by atoms with E-state index in [2.05, 4.69) is 22.6 Å². The second-order valence-electron chi connectivity index (χ2n) is 3.72. The van der Waals surface area contributed by atoms with Crippen LogP contribution in [0.4, 0.5) is 4.79 Å². The van der Waals surface area contributed by atoms with Gasteiger partial charge >= 0.3 is 6.09 Å². The van der Waals surface area contributed by atoms with Crippen molar-refractivity contribution in [1.29, 1.82) is 0 Å². The van der Waals surface area contributed by atoms with Crippen molar-refractivity contribution in [2.75, 3.05) is 19.7 Å². The summed E-state index contributed by atoms with van der Waals surface area (Å²) in [6.07, 6.45) is 0.261. The van der Waals surface area contributed by atoms with Crippen LogP contribution in [-0.4, -0.2) is 40.9 Å². The third kappa shape index (κ3) is 5.36. The number of hydrogen-bond donors (Lipinski definition) is 2. The maximum Gasteiger partial charge on any atom is 0.407 e. The van der Waals surface area contributed by atoms with E-state index in [1.807, 2.05) is 24.3 Å². The maximum absolute atomic E-state index is 10.9. The van der Waals surface area contributed by atoms with E-state index in [0.717, 1.165) is 5.56 Å². The molecule has 0 fully saturated rings. The molecular formula is C12H16INO3. The molecule has 0 bridgehead atoms. The van der Waals surface area contributed by atoms with Crippen molar-refractivity contribution in [2.24, 2.45) is 0 Å². The topological polar surface area (TPSA) is 60.8 Å². The van der Waals surface area contributed by atoms with E-state index in [9.17, 15) is 4.79 Å². The van der Waals surface area contributed by atoms with Crippen LogP contribution < -0.4 is 0 Å². The molecule has 1 aromatic rings. The van der Waals surface area contributed by atoms with Gasteiger partial charge in [-0.3, -0.25) is 0 Å². The van der Waals surface area contributed by atoms with Crippen LogP contribution >= 0.6 is 22.6 Å². The highest BCUT2D eigenvalue weighted by Gasteiger charge is 2.10. The Hall–Kier alpha value is -0.820. The molecule has 0 aliphatic heterocycles. The zero-order valence-electron chi connectivity index (χ0n) is 9.47. The molecule has 0 saturated heterocycles. The number of rotatable bonds is 6. The molecular weight excluding hydrogens is 333 g/mol. The summed E-state index contributed by atoms with van der Waals surface area (Å²) in [5, 5.41) is 17.7. The summed E-state index contributed by atoms with van der Waals surface area (Å²) in [6, 6.07) is 8.03. The number of benzene rings is 1. The summed E-state index contributed by atoms with van der Waals surface area (Å²) < 4.78 is 1.17. The Balaban J connectivity index is 2.45. The van der Waals surface area contributed by atoms with Gasteiger partial charge in [0.1, 0.15) is 0 Å². The lowest BCUT2D eigenvalue weighted by atomic mass is 10.1. The molecule has 0 aliphatic carbocycles. The van der Waals surface area contributed by atoms with Crippen LogP contribution in [0.15, 0.2) is 24.3 Å². The number of halogens is 1. The van der Waals surface area contributed by atoms with E-state index in [4.69, 9.17) is 10.2 Å². The summed E-state index contributed by atoms with van der Waals surface area (Å²) in [5.41, 5.74) is 1.13. The van der Waals surface area contributed by atoms with Gasteiger partial charge in [-0.25, -0.2) is 4.79 Å². The summed E-state index contributed by atoms with van der Waals surface area (Å²) in [5.74, 6) is 0. The Morgan fingerprint density at radius 2 is 1.88 bits per heavy atom. The number of amides is 1. The van der Waals surface area contributed by atoms with Gasteiger partial charge in [0.15, 0.2) is 0 Å². The number of carbonyl (C=O) groups is 1. The molecule has 5 heteroatoms. The van der Waals surface area contributed by atoms with Crippen molar-refractivity contribution < 1.29 is 15.0 Å². The van der Waals surface area contributed by atoms with E-state index >= 15 is 0 Å². The summed E-state index contributed by atoms with van der Waals surface area (Å²) in [7, 11) is 0. The quantitative estimate of drug-likeness (QED) is 0.774. The van der Waals surface area contributed by atoms with Gasteiger partial charge in [0.25, 0.3) is 0 Å². The van der Waals surface area contributed by atoms with Gasteiger partial charge in [0.2, 0.25) is 0 Å². The zero-order valence-corrected chi connectivity index (χ0v) is 11.6. The van der Waals surface area contributed by atoms with Gasteiger partial charge in [-0.2, -0.15) is 0 Å². The average Bonchev–Trinajstić information content (AvgIpc) is 2.31. The van der Waals surface area contributed by atoms with Crippen molar-refractivity contribution in [3.63, 3.8) is 0 Å². The summed E-state index contributed by atoms with van der Waals surface area (Å²) in [6.45, 7) is 0.874. The van der Waals surface area contributed by atoms with E-state index in [1.165, 1.54) is 8.47 Å². The normalized spacial score (nSPS) is 10.2. The molecule has 1 aromatic carbocycles. The summed E-state index contributed by atoms with van der Waals surface area (Å²) >= 11 is 2.23. The highest BCUT2D eigenvalue weighted by molar-refractivity contribution is 14.1. The van der Waals surface area contributed by atoms with Crippen LogP contribution in [0.25, 0.3) is 0 Å². The lowest BCUT2D eigenvalue weighted by molar-refractivity contribution is 0.141. The predicted molar refractivity (Wildman–Crippen MR) is 74.2 cm³/mol. The minimum atomic E-state index is -0.927. The fourth-order valence-corrected chi connectivity index (χ4v) is 1.84. The first kappa shape index (κ1) is 14.2. The lowest BCUT2D eigenvalue weighted by Gasteiger charge is -2.18. The van der Waals surface area contributed by atoms with Crippen LogP contribution in [0.5, 0.6) is 0 Å². The van der Waals surface area contributed by atoms with E-state index < -0.39 is 6.09 Å². The molecule has 0 aliphatic rings. The first-order chi connectivity index (χ1) is 8.13. The highest BCUT2D eigenvalue weighted by Crippen LogP contribution is 2.08. The molecule has 17 heavy (non-hydrogen) atoms. The predicted octanol–water partition coefficient (Wildman–Crippen LogP) is 2.20. The Labute approximate surface area is 114 Å². The Kier molecular flexibility index (Phi) is 6.28. The Morgan fingerprint density at radius 1 is 1.24 bits per heavy atom. The molecule has 1 amide bonds.